The van der Waals surface area contributed by atoms with Gasteiger partial charge in [0.05, 0.1) is 30.2 Å². The molecule has 0 saturated carbocycles. The van der Waals surface area contributed by atoms with E-state index in [1.54, 1.807) is 24.8 Å². The number of anilines is 3. The summed E-state index contributed by atoms with van der Waals surface area (Å²) in [6, 6.07) is 8.13. The highest BCUT2D eigenvalue weighted by Gasteiger charge is 2.40. The zero-order chi connectivity index (χ0) is 31.0. The molecular formula is C28H30N8O7. The lowest BCUT2D eigenvalue weighted by Gasteiger charge is -2.32. The second-order valence-electron chi connectivity index (χ2n) is 9.85. The van der Waals surface area contributed by atoms with Crippen molar-refractivity contribution in [1.82, 2.24) is 29.8 Å². The topological polar surface area (TPSA) is 215 Å². The van der Waals surface area contributed by atoms with Crippen molar-refractivity contribution in [3.63, 3.8) is 0 Å². The number of aliphatic carboxylic acids is 3. The van der Waals surface area contributed by atoms with E-state index in [2.05, 4.69) is 65.3 Å². The predicted molar refractivity (Wildman–Crippen MR) is 155 cm³/mol. The lowest BCUT2D eigenvalue weighted by Crippen LogP contribution is -2.45. The number of piperazine rings is 1. The zero-order valence-corrected chi connectivity index (χ0v) is 23.2. The molecule has 1 saturated heterocycles. The molecule has 0 amide bonds. The first-order chi connectivity index (χ1) is 20.5. The third-order valence-electron chi connectivity index (χ3n) is 6.61. The molecule has 15 nitrogen and oxygen atoms in total. The van der Waals surface area contributed by atoms with Crippen LogP contribution in [0, 0.1) is 0 Å². The van der Waals surface area contributed by atoms with E-state index in [4.69, 9.17) is 20.4 Å². The first kappa shape index (κ1) is 30.7. The molecule has 0 atom stereocenters. The molecule has 1 fully saturated rings. The maximum atomic E-state index is 10.3. The summed E-state index contributed by atoms with van der Waals surface area (Å²) in [5.41, 5.74) is 1.11. The van der Waals surface area contributed by atoms with E-state index < -0.39 is 36.4 Å². The molecule has 0 aliphatic carbocycles. The van der Waals surface area contributed by atoms with Crippen LogP contribution in [0.15, 0.2) is 61.4 Å². The van der Waals surface area contributed by atoms with Gasteiger partial charge in [-0.25, -0.2) is 19.7 Å². The van der Waals surface area contributed by atoms with Crippen LogP contribution >= 0.6 is 0 Å². The second-order valence-corrected chi connectivity index (χ2v) is 9.85. The number of carboxylic acid groups (broad SMARTS) is 3. The Labute approximate surface area is 245 Å². The molecule has 5 N–H and O–H groups in total. The Hall–Kier alpha value is -5.28. The number of hydrogen-bond donors (Lipinski definition) is 5. The zero-order valence-electron chi connectivity index (χ0n) is 23.2. The summed E-state index contributed by atoms with van der Waals surface area (Å²) in [5.74, 6) is -3.53. The lowest BCUT2D eigenvalue weighted by atomic mass is 9.96. The van der Waals surface area contributed by atoms with Crippen LogP contribution in [0.4, 0.5) is 17.5 Å². The number of hydrogen-bond acceptors (Lipinski definition) is 12. The van der Waals surface area contributed by atoms with Gasteiger partial charge in [-0.2, -0.15) is 0 Å². The molecule has 4 aromatic rings. The monoisotopic (exact) mass is 590 g/mol. The summed E-state index contributed by atoms with van der Waals surface area (Å²) >= 11 is 0. The van der Waals surface area contributed by atoms with E-state index in [-0.39, 0.29) is 0 Å². The molecule has 15 heteroatoms. The summed E-state index contributed by atoms with van der Waals surface area (Å²) in [7, 11) is 2.14. The van der Waals surface area contributed by atoms with Crippen LogP contribution in [0.1, 0.15) is 12.8 Å². The number of benzene rings is 1. The molecule has 0 unspecified atom stereocenters. The van der Waals surface area contributed by atoms with E-state index in [0.29, 0.717) is 5.82 Å². The second kappa shape index (κ2) is 13.6. The molecule has 1 aliphatic rings. The van der Waals surface area contributed by atoms with E-state index >= 15 is 0 Å². The fourth-order valence-corrected chi connectivity index (χ4v) is 4.29. The Bertz CT molecular complexity index is 1560. The fraction of sp³-hybridized carbons (Fsp3) is 0.286. The van der Waals surface area contributed by atoms with Crippen LogP contribution in [0.5, 0.6) is 0 Å². The number of pyridine rings is 1. The van der Waals surface area contributed by atoms with Crippen molar-refractivity contribution in [1.29, 1.82) is 0 Å². The minimum absolute atomic E-state index is 0.696. The largest absolute Gasteiger partial charge is 0.481 e. The van der Waals surface area contributed by atoms with Crippen molar-refractivity contribution >= 4 is 46.3 Å². The number of nitrogens with zero attached hydrogens (tertiary/aromatic N) is 7. The minimum Gasteiger partial charge on any atom is -0.481 e. The van der Waals surface area contributed by atoms with Crippen LogP contribution in [-0.4, -0.2) is 107 Å². The molecule has 43 heavy (non-hydrogen) atoms. The molecule has 0 bridgehead atoms. The first-order valence-corrected chi connectivity index (χ1v) is 13.1. The molecule has 0 radical (unpaired) electrons. The highest BCUT2D eigenvalue weighted by atomic mass is 16.4. The molecule has 3 aromatic heterocycles. The van der Waals surface area contributed by atoms with Crippen LogP contribution in [0.3, 0.4) is 0 Å². The maximum absolute atomic E-state index is 10.3. The molecule has 0 spiro atoms. The van der Waals surface area contributed by atoms with Crippen molar-refractivity contribution in [3.05, 3.63) is 61.4 Å². The number of aliphatic hydroxyl groups is 1. The minimum atomic E-state index is -2.74. The van der Waals surface area contributed by atoms with Crippen LogP contribution in [0.25, 0.3) is 22.0 Å². The highest BCUT2D eigenvalue weighted by molar-refractivity contribution is 5.95. The summed E-state index contributed by atoms with van der Waals surface area (Å²) in [6.07, 6.45) is 8.29. The summed E-state index contributed by atoms with van der Waals surface area (Å²) < 4.78 is 0. The number of aromatic nitrogens is 5. The van der Waals surface area contributed by atoms with Gasteiger partial charge in [0.2, 0.25) is 5.95 Å². The van der Waals surface area contributed by atoms with Gasteiger partial charge in [-0.15, -0.1) is 0 Å². The average molecular weight is 591 g/mol. The van der Waals surface area contributed by atoms with Gasteiger partial charge in [-0.3, -0.25) is 19.6 Å². The number of likely N-dealkylation sites (N-methyl/N-ethyl adjacent to an activating group) is 1. The van der Waals surface area contributed by atoms with Crippen LogP contribution in [-0.2, 0) is 14.4 Å². The Kier molecular flexibility index (Phi) is 9.69. The van der Waals surface area contributed by atoms with Crippen LogP contribution < -0.4 is 10.2 Å². The van der Waals surface area contributed by atoms with Gasteiger partial charge in [0, 0.05) is 68.1 Å². The molecule has 5 rings (SSSR count). The smallest absolute Gasteiger partial charge is 0.336 e. The summed E-state index contributed by atoms with van der Waals surface area (Å²) in [5, 5.41) is 38.1. The van der Waals surface area contributed by atoms with E-state index in [1.165, 1.54) is 0 Å². The third kappa shape index (κ3) is 8.15. The average Bonchev–Trinajstić information content (AvgIpc) is 2.97. The standard InChI is InChI=1S/C22H22N8.C6H8O7/c1-29-8-10-30(11-9-29)22-26-13-17(14-27-22)16-2-3-18-19(4-5-24-20(18)12-16)28-21-15-23-6-7-25-21;7-3(8)1-6(13,5(11)12)2-4(9)10/h2-7,12-15H,8-11H2,1H3,(H,24,25,28);13H,1-2H2,(H,7,8)(H,9,10)(H,11,12). The van der Waals surface area contributed by atoms with Crippen molar-refractivity contribution in [2.24, 2.45) is 0 Å². The number of fused-ring (bicyclic) bond motifs is 1. The highest BCUT2D eigenvalue weighted by Crippen LogP contribution is 2.28. The maximum Gasteiger partial charge on any atom is 0.336 e. The molecule has 1 aliphatic heterocycles. The van der Waals surface area contributed by atoms with Gasteiger partial charge in [0.15, 0.2) is 5.60 Å². The summed E-state index contributed by atoms with van der Waals surface area (Å²) in [4.78, 5) is 57.2. The van der Waals surface area contributed by atoms with Crippen molar-refractivity contribution < 1.29 is 34.8 Å². The Morgan fingerprint density at radius 1 is 0.837 bits per heavy atom. The van der Waals surface area contributed by atoms with E-state index in [0.717, 1.165) is 59.8 Å². The first-order valence-electron chi connectivity index (χ1n) is 13.1. The predicted octanol–water partition coefficient (Wildman–Crippen LogP) is 1.73. The summed E-state index contributed by atoms with van der Waals surface area (Å²) in [6.45, 7) is 3.98. The normalized spacial score (nSPS) is 13.6. The van der Waals surface area contributed by atoms with Gasteiger partial charge in [-0.05, 0) is 24.7 Å². The lowest BCUT2D eigenvalue weighted by molar-refractivity contribution is -0.170. The van der Waals surface area contributed by atoms with Crippen molar-refractivity contribution in [2.45, 2.75) is 18.4 Å². The fourth-order valence-electron chi connectivity index (χ4n) is 4.29. The van der Waals surface area contributed by atoms with E-state index in [9.17, 15) is 14.4 Å². The van der Waals surface area contributed by atoms with Gasteiger partial charge >= 0.3 is 17.9 Å². The van der Waals surface area contributed by atoms with Gasteiger partial charge < -0.3 is 35.5 Å². The van der Waals surface area contributed by atoms with Crippen LogP contribution in [0.2, 0.25) is 0 Å². The number of carbonyl (C=O) groups is 3. The van der Waals surface area contributed by atoms with E-state index in [1.807, 2.05) is 18.5 Å². The Balaban J connectivity index is 0.000000277. The quantitative estimate of drug-likeness (QED) is 0.188. The SMILES string of the molecule is CN1CCN(c2ncc(-c3ccc4c(Nc5cnccn5)ccnc4c3)cn2)CC1.O=C(O)CC(O)(CC(=O)O)C(=O)O. The van der Waals surface area contributed by atoms with Gasteiger partial charge in [0.1, 0.15) is 5.82 Å². The third-order valence-corrected chi connectivity index (χ3v) is 6.61. The number of nitrogens with one attached hydrogen (secondary N) is 1. The van der Waals surface area contributed by atoms with Crippen molar-refractivity contribution in [3.8, 4) is 11.1 Å². The van der Waals surface area contributed by atoms with Crippen molar-refractivity contribution in [2.75, 3.05) is 43.4 Å². The Morgan fingerprint density at radius 2 is 1.51 bits per heavy atom. The molecule has 224 valence electrons. The number of carboxylic acids is 3. The Morgan fingerprint density at radius 3 is 2.09 bits per heavy atom. The molecular weight excluding hydrogens is 560 g/mol. The van der Waals surface area contributed by atoms with Gasteiger partial charge in [0.25, 0.3) is 0 Å². The molecule has 1 aromatic carbocycles. The number of rotatable bonds is 9. The molecule has 4 heterocycles. The van der Waals surface area contributed by atoms with Gasteiger partial charge in [-0.1, -0.05) is 12.1 Å².